The number of hydrogen-bond donors (Lipinski definition) is 1. The van der Waals surface area contributed by atoms with Crippen LogP contribution in [0.25, 0.3) is 11.0 Å². The third-order valence-electron chi connectivity index (χ3n) is 6.00. The van der Waals surface area contributed by atoms with Gasteiger partial charge in [0.25, 0.3) is 5.91 Å². The normalized spacial score (nSPS) is 15.6. The maximum Gasteiger partial charge on any atom is 0.296 e. The van der Waals surface area contributed by atoms with E-state index in [1.807, 2.05) is 36.4 Å². The van der Waals surface area contributed by atoms with E-state index in [0.29, 0.717) is 26.3 Å². The number of benzene rings is 2. The lowest BCUT2D eigenvalue weighted by molar-refractivity contribution is -0.117. The second-order valence-electron chi connectivity index (χ2n) is 8.36. The topological polar surface area (TPSA) is 109 Å². The first-order chi connectivity index (χ1) is 18.5. The second-order valence-corrected chi connectivity index (χ2v) is 11.0. The summed E-state index contributed by atoms with van der Waals surface area (Å²) < 4.78 is 6.39. The van der Waals surface area contributed by atoms with E-state index in [2.05, 4.69) is 15.2 Å². The number of rotatable bonds is 7. The molecule has 0 bridgehead atoms. The number of thioether (sulfide) groups is 1. The van der Waals surface area contributed by atoms with Crippen LogP contribution in [0.5, 0.6) is 0 Å². The molecule has 1 aliphatic heterocycles. The molecule has 1 amide bonds. The Balaban J connectivity index is 1.34. The lowest BCUT2D eigenvalue weighted by Gasteiger charge is -2.23. The molecular weight excluding hydrogens is 544 g/mol. The number of hydrogen-bond acceptors (Lipinski definition) is 9. The van der Waals surface area contributed by atoms with Gasteiger partial charge in [0.1, 0.15) is 5.58 Å². The van der Waals surface area contributed by atoms with Crippen molar-refractivity contribution in [3.05, 3.63) is 112 Å². The van der Waals surface area contributed by atoms with E-state index in [0.717, 1.165) is 10.9 Å². The number of aliphatic hydroxyl groups excluding tert-OH is 1. The molecule has 1 unspecified atom stereocenters. The van der Waals surface area contributed by atoms with Gasteiger partial charge >= 0.3 is 0 Å². The van der Waals surface area contributed by atoms with E-state index in [1.165, 1.54) is 28.0 Å². The van der Waals surface area contributed by atoms with Gasteiger partial charge in [-0.25, -0.2) is 0 Å². The van der Waals surface area contributed by atoms with Gasteiger partial charge in [0, 0.05) is 28.6 Å². The molecule has 0 saturated carbocycles. The van der Waals surface area contributed by atoms with Gasteiger partial charge in [0.05, 0.1) is 11.6 Å². The molecule has 3 aromatic heterocycles. The van der Waals surface area contributed by atoms with Gasteiger partial charge in [0.2, 0.25) is 10.9 Å². The van der Waals surface area contributed by atoms with Crippen LogP contribution in [-0.4, -0.2) is 32.0 Å². The van der Waals surface area contributed by atoms with Crippen LogP contribution < -0.4 is 4.90 Å². The maximum atomic E-state index is 13.7. The zero-order valence-electron chi connectivity index (χ0n) is 19.4. The van der Waals surface area contributed by atoms with Crippen LogP contribution in [0.2, 0.25) is 5.02 Å². The van der Waals surface area contributed by atoms with Crippen LogP contribution in [0.15, 0.2) is 99.2 Å². The number of Topliss-reactive ketones (excluding diaryl/α,β-unsaturated/α-hetero) is 1. The molecular formula is C27H17ClN4O4S2. The molecule has 188 valence electrons. The summed E-state index contributed by atoms with van der Waals surface area (Å²) >= 11 is 8.63. The highest BCUT2D eigenvalue weighted by atomic mass is 35.5. The number of para-hydroxylation sites is 1. The summed E-state index contributed by atoms with van der Waals surface area (Å²) in [7, 11) is 0. The average Bonchev–Trinajstić information content (AvgIpc) is 3.65. The standard InChI is InChI=1S/C27H17ClN4O4S2/c28-18-7-5-15(6-8-18)14-37-27-31-30-26(38-27)32-22(16-9-11-29-12-10-16)21(24(34)25(32)35)23(33)20-13-17-3-1-2-4-19(17)36-20/h1-13,22,34H,14H2. The van der Waals surface area contributed by atoms with Crippen LogP contribution in [0, 0.1) is 0 Å². The zero-order valence-corrected chi connectivity index (χ0v) is 21.8. The minimum absolute atomic E-state index is 0.0259. The minimum Gasteiger partial charge on any atom is -0.503 e. The van der Waals surface area contributed by atoms with Crippen molar-refractivity contribution < 1.29 is 19.1 Å². The number of carbonyl (C=O) groups is 2. The van der Waals surface area contributed by atoms with Gasteiger partial charge in [-0.2, -0.15) is 0 Å². The summed E-state index contributed by atoms with van der Waals surface area (Å²) in [5, 5.41) is 21.1. The van der Waals surface area contributed by atoms with Crippen molar-refractivity contribution in [1.29, 1.82) is 0 Å². The molecule has 4 heterocycles. The number of halogens is 1. The van der Waals surface area contributed by atoms with E-state index in [4.69, 9.17) is 16.0 Å². The molecule has 0 saturated heterocycles. The molecule has 0 aliphatic carbocycles. The number of aliphatic hydroxyl groups is 1. The third kappa shape index (κ3) is 4.47. The number of anilines is 1. The summed E-state index contributed by atoms with van der Waals surface area (Å²) in [6.07, 6.45) is 3.12. The number of aromatic nitrogens is 3. The first-order valence-electron chi connectivity index (χ1n) is 11.4. The fourth-order valence-corrected chi connectivity index (χ4v) is 6.16. The number of furan rings is 1. The SMILES string of the molecule is O=C(C1=C(O)C(=O)N(c2nnc(SCc3ccc(Cl)cc3)s2)C1c1ccncc1)c1cc2ccccc2o1. The highest BCUT2D eigenvalue weighted by Gasteiger charge is 2.46. The van der Waals surface area contributed by atoms with Crippen molar-refractivity contribution in [1.82, 2.24) is 15.2 Å². The Bertz CT molecular complexity index is 1670. The maximum absolute atomic E-state index is 13.7. The van der Waals surface area contributed by atoms with E-state index in [9.17, 15) is 14.7 Å². The fraction of sp³-hybridized carbons (Fsp3) is 0.0741. The van der Waals surface area contributed by atoms with Gasteiger partial charge < -0.3 is 9.52 Å². The third-order valence-corrected chi connectivity index (χ3v) is 8.38. The zero-order chi connectivity index (χ0) is 26.2. The summed E-state index contributed by atoms with van der Waals surface area (Å²) in [5.74, 6) is -1.32. The molecule has 1 aliphatic rings. The van der Waals surface area contributed by atoms with E-state index < -0.39 is 23.5 Å². The lowest BCUT2D eigenvalue weighted by atomic mass is 9.96. The average molecular weight is 561 g/mol. The molecule has 38 heavy (non-hydrogen) atoms. The Hall–Kier alpha value is -3.99. The number of carbonyl (C=O) groups excluding carboxylic acids is 2. The molecule has 8 nitrogen and oxygen atoms in total. The van der Waals surface area contributed by atoms with Crippen molar-refractivity contribution in [2.45, 2.75) is 16.1 Å². The number of ketones is 1. The van der Waals surface area contributed by atoms with Crippen molar-refractivity contribution in [2.75, 3.05) is 4.90 Å². The monoisotopic (exact) mass is 560 g/mol. The van der Waals surface area contributed by atoms with Gasteiger partial charge in [-0.15, -0.1) is 10.2 Å². The lowest BCUT2D eigenvalue weighted by Crippen LogP contribution is -2.31. The summed E-state index contributed by atoms with van der Waals surface area (Å²) in [6, 6.07) is 18.7. The number of pyridine rings is 1. The van der Waals surface area contributed by atoms with Crippen LogP contribution in [0.3, 0.4) is 0 Å². The molecule has 0 spiro atoms. The van der Waals surface area contributed by atoms with E-state index in [1.54, 1.807) is 42.7 Å². The first kappa shape index (κ1) is 24.4. The first-order valence-corrected chi connectivity index (χ1v) is 13.6. The van der Waals surface area contributed by atoms with Crippen LogP contribution in [-0.2, 0) is 10.5 Å². The number of fused-ring (bicyclic) bond motifs is 1. The van der Waals surface area contributed by atoms with Crippen LogP contribution in [0.1, 0.15) is 27.7 Å². The predicted molar refractivity (Wildman–Crippen MR) is 146 cm³/mol. The quantitative estimate of drug-likeness (QED) is 0.138. The summed E-state index contributed by atoms with van der Waals surface area (Å²) in [4.78, 5) is 32.4. The van der Waals surface area contributed by atoms with Crippen LogP contribution in [0.4, 0.5) is 5.13 Å². The highest BCUT2D eigenvalue weighted by molar-refractivity contribution is 8.00. The second kappa shape index (κ2) is 10.1. The Morgan fingerprint density at radius 3 is 2.61 bits per heavy atom. The van der Waals surface area contributed by atoms with Crippen molar-refractivity contribution in [2.24, 2.45) is 0 Å². The van der Waals surface area contributed by atoms with Crippen molar-refractivity contribution in [3.8, 4) is 0 Å². The van der Waals surface area contributed by atoms with Gasteiger partial charge in [0.15, 0.2) is 15.9 Å². The Morgan fingerprint density at radius 1 is 1.08 bits per heavy atom. The van der Waals surface area contributed by atoms with Gasteiger partial charge in [-0.05, 0) is 47.5 Å². The van der Waals surface area contributed by atoms with Gasteiger partial charge in [-0.1, -0.05) is 65.0 Å². The Labute approximate surface area is 229 Å². The summed E-state index contributed by atoms with van der Waals surface area (Å²) in [6.45, 7) is 0. The highest BCUT2D eigenvalue weighted by Crippen LogP contribution is 2.44. The predicted octanol–water partition coefficient (Wildman–Crippen LogP) is 6.41. The Kier molecular flexibility index (Phi) is 6.44. The van der Waals surface area contributed by atoms with Crippen LogP contribution >= 0.6 is 34.7 Å². The number of amides is 1. The molecule has 2 aromatic carbocycles. The van der Waals surface area contributed by atoms with Crippen molar-refractivity contribution in [3.63, 3.8) is 0 Å². The largest absolute Gasteiger partial charge is 0.503 e. The Morgan fingerprint density at radius 2 is 1.84 bits per heavy atom. The molecule has 5 aromatic rings. The van der Waals surface area contributed by atoms with Gasteiger partial charge in [-0.3, -0.25) is 19.5 Å². The van der Waals surface area contributed by atoms with Crippen molar-refractivity contribution >= 4 is 62.5 Å². The molecule has 6 rings (SSSR count). The van der Waals surface area contributed by atoms with E-state index in [-0.39, 0.29) is 16.5 Å². The number of nitrogens with zero attached hydrogens (tertiary/aromatic N) is 4. The smallest absolute Gasteiger partial charge is 0.296 e. The molecule has 1 atom stereocenters. The molecule has 0 radical (unpaired) electrons. The molecule has 1 N–H and O–H groups in total. The molecule has 0 fully saturated rings. The van der Waals surface area contributed by atoms with E-state index >= 15 is 0 Å². The molecule has 11 heteroatoms. The fourth-order valence-electron chi connectivity index (χ4n) is 4.21. The minimum atomic E-state index is -0.937. The summed E-state index contributed by atoms with van der Waals surface area (Å²) in [5.41, 5.74) is 2.08.